The minimum absolute atomic E-state index is 0. The maximum atomic E-state index is 3.94. The van der Waals surface area contributed by atoms with Crippen LogP contribution in [0.15, 0.2) is 18.3 Å². The number of pyridine rings is 1. The Morgan fingerprint density at radius 1 is 1.30 bits per heavy atom. The van der Waals surface area contributed by atoms with Crippen LogP contribution in [-0.2, 0) is 0 Å². The summed E-state index contributed by atoms with van der Waals surface area (Å²) in [6.45, 7) is 0. The van der Waals surface area contributed by atoms with Crippen LogP contribution >= 0.6 is 0 Å². The third-order valence-corrected chi connectivity index (χ3v) is 1.09. The van der Waals surface area contributed by atoms with Gasteiger partial charge in [0.2, 0.25) is 5.65 Å². The van der Waals surface area contributed by atoms with Crippen molar-refractivity contribution in [3.8, 4) is 0 Å². The molecule has 2 rings (SSSR count). The van der Waals surface area contributed by atoms with Gasteiger partial charge in [-0.15, -0.1) is 5.10 Å². The normalized spacial score (nSPS) is 9.20. The van der Waals surface area contributed by atoms with Gasteiger partial charge in [0.1, 0.15) is 5.52 Å². The summed E-state index contributed by atoms with van der Waals surface area (Å²) in [6.07, 6.45) is 1.69. The van der Waals surface area contributed by atoms with Crippen LogP contribution in [-0.4, -0.2) is 50.0 Å². The van der Waals surface area contributed by atoms with Gasteiger partial charge in [0.15, 0.2) is 0 Å². The number of H-pyrrole nitrogens is 1. The zero-order valence-electron chi connectivity index (χ0n) is 5.57. The Morgan fingerprint density at radius 2 is 2.20 bits per heavy atom. The van der Waals surface area contributed by atoms with Gasteiger partial charge in [-0.1, -0.05) is 0 Å². The first kappa shape index (κ1) is 7.65. The van der Waals surface area contributed by atoms with Gasteiger partial charge in [-0.2, -0.15) is 10.3 Å². The second-order valence-corrected chi connectivity index (χ2v) is 1.67. The molecule has 0 saturated heterocycles. The summed E-state index contributed by atoms with van der Waals surface area (Å²) in [5.74, 6) is 0. The molecular weight excluding hydrogens is 139 g/mol. The summed E-state index contributed by atoms with van der Waals surface area (Å²) in [7, 11) is 0. The number of hydrogen-bond acceptors (Lipinski definition) is 3. The molecule has 0 amide bonds. The first-order chi connectivity index (χ1) is 4.47. The van der Waals surface area contributed by atoms with Gasteiger partial charge in [-0.25, -0.2) is 4.98 Å². The molecule has 0 saturated carbocycles. The SMILES string of the molecule is [Na].c1cnc2n[nH]nc2c1. The van der Waals surface area contributed by atoms with Crippen molar-refractivity contribution in [3.63, 3.8) is 0 Å². The van der Waals surface area contributed by atoms with Crippen molar-refractivity contribution < 1.29 is 0 Å². The fourth-order valence-corrected chi connectivity index (χ4v) is 0.688. The summed E-state index contributed by atoms with van der Waals surface area (Å²) in [6, 6.07) is 3.68. The van der Waals surface area contributed by atoms with Gasteiger partial charge >= 0.3 is 0 Å². The summed E-state index contributed by atoms with van der Waals surface area (Å²) in [5, 5.41) is 10.1. The minimum atomic E-state index is 0. The molecule has 0 spiro atoms. The van der Waals surface area contributed by atoms with Crippen molar-refractivity contribution in [3.05, 3.63) is 18.3 Å². The monoisotopic (exact) mass is 143 g/mol. The van der Waals surface area contributed by atoms with E-state index in [4.69, 9.17) is 0 Å². The van der Waals surface area contributed by atoms with E-state index in [0.29, 0.717) is 5.65 Å². The molecule has 5 heteroatoms. The fraction of sp³-hybridized carbons (Fsp3) is 0. The molecular formula is C5H4N4Na. The third kappa shape index (κ3) is 1.18. The number of aromatic nitrogens is 4. The average molecular weight is 143 g/mol. The minimum Gasteiger partial charge on any atom is -0.234 e. The van der Waals surface area contributed by atoms with Gasteiger partial charge in [0.05, 0.1) is 0 Å². The van der Waals surface area contributed by atoms with Crippen molar-refractivity contribution in [2.45, 2.75) is 0 Å². The second kappa shape index (κ2) is 3.09. The zero-order valence-corrected chi connectivity index (χ0v) is 7.57. The molecule has 2 aromatic rings. The Morgan fingerprint density at radius 3 is 3.00 bits per heavy atom. The maximum absolute atomic E-state index is 3.94. The largest absolute Gasteiger partial charge is 0.234 e. The molecule has 1 radical (unpaired) electrons. The quantitative estimate of drug-likeness (QED) is 0.527. The Balaban J connectivity index is 0.000000500. The van der Waals surface area contributed by atoms with Crippen molar-refractivity contribution >= 4 is 40.7 Å². The van der Waals surface area contributed by atoms with Crippen molar-refractivity contribution in [2.75, 3.05) is 0 Å². The average Bonchev–Trinajstić information content (AvgIpc) is 2.33. The molecule has 0 aromatic carbocycles. The van der Waals surface area contributed by atoms with E-state index in [-0.39, 0.29) is 29.6 Å². The Hall–Kier alpha value is -0.450. The number of nitrogens with zero attached hydrogens (tertiary/aromatic N) is 3. The predicted molar refractivity (Wildman–Crippen MR) is 37.4 cm³/mol. The number of rotatable bonds is 0. The molecule has 1 N–H and O–H groups in total. The van der Waals surface area contributed by atoms with Gasteiger partial charge < -0.3 is 0 Å². The van der Waals surface area contributed by atoms with E-state index in [1.54, 1.807) is 6.20 Å². The summed E-state index contributed by atoms with van der Waals surface area (Å²) < 4.78 is 0. The van der Waals surface area contributed by atoms with Gasteiger partial charge in [0.25, 0.3) is 0 Å². The summed E-state index contributed by atoms with van der Waals surface area (Å²) in [4.78, 5) is 3.94. The molecule has 0 bridgehead atoms. The van der Waals surface area contributed by atoms with E-state index in [2.05, 4.69) is 20.4 Å². The second-order valence-electron chi connectivity index (χ2n) is 1.67. The Kier molecular flexibility index (Phi) is 2.37. The zero-order chi connectivity index (χ0) is 6.10. The van der Waals surface area contributed by atoms with Crippen LogP contribution in [0.1, 0.15) is 0 Å². The smallest absolute Gasteiger partial charge is 0.201 e. The van der Waals surface area contributed by atoms with Gasteiger partial charge in [0, 0.05) is 35.8 Å². The van der Waals surface area contributed by atoms with E-state index in [1.807, 2.05) is 12.1 Å². The maximum Gasteiger partial charge on any atom is 0.201 e. The van der Waals surface area contributed by atoms with Crippen LogP contribution < -0.4 is 0 Å². The summed E-state index contributed by atoms with van der Waals surface area (Å²) >= 11 is 0. The first-order valence-corrected chi connectivity index (χ1v) is 2.58. The van der Waals surface area contributed by atoms with E-state index in [0.717, 1.165) is 5.52 Å². The van der Waals surface area contributed by atoms with Crippen molar-refractivity contribution in [1.29, 1.82) is 0 Å². The molecule has 0 unspecified atom stereocenters. The van der Waals surface area contributed by atoms with E-state index < -0.39 is 0 Å². The number of nitrogens with one attached hydrogen (secondary N) is 1. The van der Waals surface area contributed by atoms with Crippen LogP contribution in [0, 0.1) is 0 Å². The molecule has 0 aliphatic rings. The third-order valence-electron chi connectivity index (χ3n) is 1.09. The van der Waals surface area contributed by atoms with Gasteiger partial charge in [-0.3, -0.25) is 0 Å². The topological polar surface area (TPSA) is 54.5 Å². The molecule has 45 valence electrons. The van der Waals surface area contributed by atoms with E-state index >= 15 is 0 Å². The molecule has 2 aromatic heterocycles. The Bertz CT molecular complexity index is 288. The van der Waals surface area contributed by atoms with Crippen molar-refractivity contribution in [2.24, 2.45) is 0 Å². The molecule has 0 fully saturated rings. The van der Waals surface area contributed by atoms with Crippen LogP contribution in [0.25, 0.3) is 11.2 Å². The van der Waals surface area contributed by atoms with Crippen LogP contribution in [0.3, 0.4) is 0 Å². The molecule has 0 atom stereocenters. The summed E-state index contributed by atoms with van der Waals surface area (Å²) in [5.41, 5.74) is 1.47. The number of fused-ring (bicyclic) bond motifs is 1. The first-order valence-electron chi connectivity index (χ1n) is 2.58. The molecule has 10 heavy (non-hydrogen) atoms. The Labute approximate surface area is 79.3 Å². The van der Waals surface area contributed by atoms with Crippen LogP contribution in [0.2, 0.25) is 0 Å². The van der Waals surface area contributed by atoms with Gasteiger partial charge in [-0.05, 0) is 12.1 Å². The van der Waals surface area contributed by atoms with Crippen LogP contribution in [0.5, 0.6) is 0 Å². The fourth-order valence-electron chi connectivity index (χ4n) is 0.688. The van der Waals surface area contributed by atoms with E-state index in [9.17, 15) is 0 Å². The van der Waals surface area contributed by atoms with E-state index in [1.165, 1.54) is 0 Å². The molecule has 0 aliphatic carbocycles. The standard InChI is InChI=1S/C5H4N4.Na/c1-2-4-5(6-3-1)8-9-7-4;/h1-3H,(H,6,7,8,9);. The molecule has 4 nitrogen and oxygen atoms in total. The van der Waals surface area contributed by atoms with Crippen molar-refractivity contribution in [1.82, 2.24) is 20.4 Å². The molecule has 0 aliphatic heterocycles. The van der Waals surface area contributed by atoms with Crippen LogP contribution in [0.4, 0.5) is 0 Å². The molecule has 2 heterocycles. The number of hydrogen-bond donors (Lipinski definition) is 1. The predicted octanol–water partition coefficient (Wildman–Crippen LogP) is -0.0279. The number of aromatic amines is 1.